The van der Waals surface area contributed by atoms with Crippen LogP contribution < -0.4 is 5.32 Å². The Morgan fingerprint density at radius 2 is 2.00 bits per heavy atom. The molecule has 1 N–H and O–H groups in total. The van der Waals surface area contributed by atoms with Gasteiger partial charge in [-0.05, 0) is 38.5 Å². The predicted molar refractivity (Wildman–Crippen MR) is 67.6 cm³/mol. The molecule has 0 heterocycles. The molecule has 1 aromatic carbocycles. The van der Waals surface area contributed by atoms with Gasteiger partial charge < -0.3 is 10.2 Å². The Balaban J connectivity index is 2.48. The highest BCUT2D eigenvalue weighted by atomic mass is 16.2. The summed E-state index contributed by atoms with van der Waals surface area (Å²) in [5.41, 5.74) is 2.20. The third kappa shape index (κ3) is 3.57. The Kier molecular flexibility index (Phi) is 4.83. The molecule has 1 aromatic rings. The van der Waals surface area contributed by atoms with Crippen molar-refractivity contribution < 1.29 is 4.79 Å². The number of rotatable bonds is 5. The fourth-order valence-corrected chi connectivity index (χ4v) is 1.62. The average molecular weight is 220 g/mol. The van der Waals surface area contributed by atoms with Crippen molar-refractivity contribution in [1.29, 1.82) is 0 Å². The Morgan fingerprint density at radius 1 is 1.31 bits per heavy atom. The Labute approximate surface area is 97.5 Å². The summed E-state index contributed by atoms with van der Waals surface area (Å²) in [5, 5.41) is 3.14. The van der Waals surface area contributed by atoms with Crippen LogP contribution in [0.1, 0.15) is 19.4 Å². The Bertz CT molecular complexity index is 346. The molecule has 3 heteroatoms. The second-order valence-electron chi connectivity index (χ2n) is 3.79. The van der Waals surface area contributed by atoms with E-state index in [0.717, 1.165) is 18.8 Å². The highest BCUT2D eigenvalue weighted by Gasteiger charge is 2.08. The average Bonchev–Trinajstić information content (AvgIpc) is 2.28. The topological polar surface area (TPSA) is 32.3 Å². The fraction of sp³-hybridized carbons (Fsp3) is 0.462. The van der Waals surface area contributed by atoms with Gasteiger partial charge >= 0.3 is 0 Å². The third-order valence-corrected chi connectivity index (χ3v) is 2.58. The number of carbonyl (C=O) groups excluding carboxylic acids is 1. The van der Waals surface area contributed by atoms with Gasteiger partial charge in [0.2, 0.25) is 5.91 Å². The van der Waals surface area contributed by atoms with E-state index in [0.29, 0.717) is 6.54 Å². The first kappa shape index (κ1) is 12.6. The molecule has 0 aliphatic rings. The lowest BCUT2D eigenvalue weighted by atomic mass is 10.2. The molecule has 0 aliphatic heterocycles. The first-order chi connectivity index (χ1) is 7.67. The number of carbonyl (C=O) groups is 1. The largest absolute Gasteiger partial charge is 0.376 e. The molecule has 0 aliphatic carbocycles. The normalized spacial score (nSPS) is 9.94. The zero-order valence-electron chi connectivity index (χ0n) is 10.3. The molecule has 0 fully saturated rings. The van der Waals surface area contributed by atoms with Gasteiger partial charge in [0.05, 0.1) is 6.54 Å². The minimum atomic E-state index is 0.145. The van der Waals surface area contributed by atoms with Gasteiger partial charge in [0.1, 0.15) is 0 Å². The molecule has 16 heavy (non-hydrogen) atoms. The smallest absolute Gasteiger partial charge is 0.241 e. The Morgan fingerprint density at radius 3 is 2.56 bits per heavy atom. The van der Waals surface area contributed by atoms with E-state index < -0.39 is 0 Å². The van der Waals surface area contributed by atoms with Crippen molar-refractivity contribution >= 4 is 11.6 Å². The van der Waals surface area contributed by atoms with Crippen LogP contribution in [0.15, 0.2) is 24.3 Å². The summed E-state index contributed by atoms with van der Waals surface area (Å²) in [4.78, 5) is 13.5. The van der Waals surface area contributed by atoms with E-state index in [1.807, 2.05) is 49.9 Å². The molecule has 0 saturated carbocycles. The van der Waals surface area contributed by atoms with E-state index in [9.17, 15) is 4.79 Å². The van der Waals surface area contributed by atoms with Crippen LogP contribution in [-0.4, -0.2) is 30.4 Å². The van der Waals surface area contributed by atoms with Crippen molar-refractivity contribution in [3.63, 3.8) is 0 Å². The maximum absolute atomic E-state index is 11.7. The van der Waals surface area contributed by atoms with Crippen molar-refractivity contribution in [2.45, 2.75) is 20.8 Å². The minimum absolute atomic E-state index is 0.145. The molecule has 0 spiro atoms. The van der Waals surface area contributed by atoms with Crippen LogP contribution in [0, 0.1) is 6.92 Å². The summed E-state index contributed by atoms with van der Waals surface area (Å²) >= 11 is 0. The number of nitrogens with one attached hydrogen (secondary N) is 1. The van der Waals surface area contributed by atoms with E-state index in [1.54, 1.807) is 0 Å². The molecule has 0 unspecified atom stereocenters. The van der Waals surface area contributed by atoms with Gasteiger partial charge in [-0.25, -0.2) is 0 Å². The van der Waals surface area contributed by atoms with Crippen LogP contribution in [0.3, 0.4) is 0 Å². The SMILES string of the molecule is CCN(CC)C(=O)CNc1cccc(C)c1. The van der Waals surface area contributed by atoms with Crippen LogP contribution in [0.5, 0.6) is 0 Å². The van der Waals surface area contributed by atoms with E-state index >= 15 is 0 Å². The van der Waals surface area contributed by atoms with E-state index in [1.165, 1.54) is 5.56 Å². The lowest BCUT2D eigenvalue weighted by Gasteiger charge is -2.19. The van der Waals surface area contributed by atoms with Crippen LogP contribution in [-0.2, 0) is 4.79 Å². The number of benzene rings is 1. The fourth-order valence-electron chi connectivity index (χ4n) is 1.62. The highest BCUT2D eigenvalue weighted by molar-refractivity contribution is 5.80. The quantitative estimate of drug-likeness (QED) is 0.825. The second-order valence-corrected chi connectivity index (χ2v) is 3.79. The molecule has 0 radical (unpaired) electrons. The number of likely N-dealkylation sites (N-methyl/N-ethyl adjacent to an activating group) is 1. The summed E-state index contributed by atoms with van der Waals surface area (Å²) in [5.74, 6) is 0.145. The van der Waals surface area contributed by atoms with Gasteiger partial charge in [0, 0.05) is 18.8 Å². The summed E-state index contributed by atoms with van der Waals surface area (Å²) < 4.78 is 0. The van der Waals surface area contributed by atoms with Gasteiger partial charge in [-0.15, -0.1) is 0 Å². The van der Waals surface area contributed by atoms with E-state index in [2.05, 4.69) is 5.32 Å². The summed E-state index contributed by atoms with van der Waals surface area (Å²) in [6.45, 7) is 7.93. The van der Waals surface area contributed by atoms with Gasteiger partial charge in [0.15, 0.2) is 0 Å². The van der Waals surface area contributed by atoms with Crippen molar-refractivity contribution in [2.24, 2.45) is 0 Å². The number of hydrogen-bond acceptors (Lipinski definition) is 2. The van der Waals surface area contributed by atoms with Gasteiger partial charge in [-0.1, -0.05) is 12.1 Å². The molecule has 0 atom stereocenters. The first-order valence-corrected chi connectivity index (χ1v) is 5.75. The molecule has 88 valence electrons. The van der Waals surface area contributed by atoms with Gasteiger partial charge in [-0.3, -0.25) is 4.79 Å². The first-order valence-electron chi connectivity index (χ1n) is 5.75. The van der Waals surface area contributed by atoms with E-state index in [4.69, 9.17) is 0 Å². The number of aryl methyl sites for hydroxylation is 1. The molecule has 3 nitrogen and oxygen atoms in total. The molecule has 0 bridgehead atoms. The zero-order valence-corrected chi connectivity index (χ0v) is 10.3. The standard InChI is InChI=1S/C13H20N2O/c1-4-15(5-2)13(16)10-14-12-8-6-7-11(3)9-12/h6-9,14H,4-5,10H2,1-3H3. The lowest BCUT2D eigenvalue weighted by Crippen LogP contribution is -2.35. The van der Waals surface area contributed by atoms with Crippen LogP contribution >= 0.6 is 0 Å². The molecule has 1 amide bonds. The van der Waals surface area contributed by atoms with Crippen LogP contribution in [0.4, 0.5) is 5.69 Å². The zero-order chi connectivity index (χ0) is 12.0. The van der Waals surface area contributed by atoms with Crippen LogP contribution in [0.2, 0.25) is 0 Å². The molecule has 1 rings (SSSR count). The highest BCUT2D eigenvalue weighted by Crippen LogP contribution is 2.08. The molecule has 0 aromatic heterocycles. The van der Waals surface area contributed by atoms with Gasteiger partial charge in [-0.2, -0.15) is 0 Å². The minimum Gasteiger partial charge on any atom is -0.376 e. The van der Waals surface area contributed by atoms with Crippen molar-refractivity contribution in [3.8, 4) is 0 Å². The predicted octanol–water partition coefficient (Wildman–Crippen LogP) is 2.28. The Hall–Kier alpha value is -1.51. The van der Waals surface area contributed by atoms with Crippen molar-refractivity contribution in [1.82, 2.24) is 4.90 Å². The number of anilines is 1. The molecular formula is C13H20N2O. The van der Waals surface area contributed by atoms with Crippen molar-refractivity contribution in [2.75, 3.05) is 25.0 Å². The summed E-state index contributed by atoms with van der Waals surface area (Å²) in [6, 6.07) is 8.04. The van der Waals surface area contributed by atoms with Crippen LogP contribution in [0.25, 0.3) is 0 Å². The summed E-state index contributed by atoms with van der Waals surface area (Å²) in [7, 11) is 0. The van der Waals surface area contributed by atoms with Crippen molar-refractivity contribution in [3.05, 3.63) is 29.8 Å². The maximum atomic E-state index is 11.7. The lowest BCUT2D eigenvalue weighted by molar-refractivity contribution is -0.128. The number of nitrogens with zero attached hydrogens (tertiary/aromatic N) is 1. The monoisotopic (exact) mass is 220 g/mol. The molecule has 0 saturated heterocycles. The van der Waals surface area contributed by atoms with E-state index in [-0.39, 0.29) is 5.91 Å². The second kappa shape index (κ2) is 6.16. The summed E-state index contributed by atoms with van der Waals surface area (Å²) in [6.07, 6.45) is 0. The van der Waals surface area contributed by atoms with Gasteiger partial charge in [0.25, 0.3) is 0 Å². The number of amides is 1. The maximum Gasteiger partial charge on any atom is 0.241 e. The number of hydrogen-bond donors (Lipinski definition) is 1. The molecular weight excluding hydrogens is 200 g/mol. The third-order valence-electron chi connectivity index (χ3n) is 2.58.